The minimum Gasteiger partial charge on any atom is -0.481 e. The lowest BCUT2D eigenvalue weighted by atomic mass is 10.2. The predicted molar refractivity (Wildman–Crippen MR) is 70.6 cm³/mol. The van der Waals surface area contributed by atoms with Crippen LogP contribution in [-0.4, -0.2) is 36.4 Å². The van der Waals surface area contributed by atoms with E-state index in [0.29, 0.717) is 5.76 Å². The molecule has 1 aromatic heterocycles. The number of aliphatic carboxylic acids is 1. The monoisotopic (exact) mass is 303 g/mol. The Balaban J connectivity index is 2.60. The lowest BCUT2D eigenvalue weighted by Gasteiger charge is -2.14. The number of hydrogen-bond acceptors (Lipinski definition) is 5. The lowest BCUT2D eigenvalue weighted by molar-refractivity contribution is -0.140. The van der Waals surface area contributed by atoms with Crippen molar-refractivity contribution >= 4 is 21.7 Å². The lowest BCUT2D eigenvalue weighted by Crippen LogP contribution is -2.40. The quantitative estimate of drug-likeness (QED) is 0.754. The van der Waals surface area contributed by atoms with Crippen molar-refractivity contribution in [2.24, 2.45) is 5.92 Å². The third kappa shape index (κ3) is 4.37. The normalized spacial score (nSPS) is 14.5. The minimum absolute atomic E-state index is 0.0835. The summed E-state index contributed by atoms with van der Waals surface area (Å²) in [5.41, 5.74) is 0. The number of amides is 1. The van der Waals surface area contributed by atoms with Gasteiger partial charge in [-0.25, -0.2) is 8.42 Å². The van der Waals surface area contributed by atoms with Crippen molar-refractivity contribution in [2.75, 3.05) is 5.75 Å². The SMILES string of the molecule is CC(CS(=O)(=O)C(C)C(=O)NCc1ccco1)C(=O)O. The van der Waals surface area contributed by atoms with Gasteiger partial charge in [0.25, 0.3) is 0 Å². The third-order valence-corrected chi connectivity index (χ3v) is 5.08. The van der Waals surface area contributed by atoms with Crippen molar-refractivity contribution < 1.29 is 27.5 Å². The first-order valence-electron chi connectivity index (χ1n) is 5.98. The zero-order valence-electron chi connectivity index (χ0n) is 11.2. The van der Waals surface area contributed by atoms with E-state index in [1.165, 1.54) is 20.1 Å². The maximum absolute atomic E-state index is 11.9. The Morgan fingerprint density at radius 2 is 2.05 bits per heavy atom. The zero-order valence-corrected chi connectivity index (χ0v) is 12.0. The molecule has 0 spiro atoms. The van der Waals surface area contributed by atoms with Gasteiger partial charge in [0.1, 0.15) is 11.0 Å². The Hall–Kier alpha value is -1.83. The van der Waals surface area contributed by atoms with E-state index in [1.54, 1.807) is 12.1 Å². The molecule has 7 nitrogen and oxygen atoms in total. The van der Waals surface area contributed by atoms with Gasteiger partial charge in [-0.15, -0.1) is 0 Å². The number of carbonyl (C=O) groups excluding carboxylic acids is 1. The van der Waals surface area contributed by atoms with Crippen LogP contribution in [0.2, 0.25) is 0 Å². The summed E-state index contributed by atoms with van der Waals surface area (Å²) in [4.78, 5) is 22.4. The molecule has 112 valence electrons. The van der Waals surface area contributed by atoms with Gasteiger partial charge in [0, 0.05) is 0 Å². The summed E-state index contributed by atoms with van der Waals surface area (Å²) in [6.45, 7) is 2.61. The summed E-state index contributed by atoms with van der Waals surface area (Å²) in [7, 11) is -3.82. The molecule has 0 aromatic carbocycles. The summed E-state index contributed by atoms with van der Waals surface area (Å²) in [5.74, 6) is -3.02. The summed E-state index contributed by atoms with van der Waals surface area (Å²) in [5, 5.41) is 9.84. The van der Waals surface area contributed by atoms with Crippen LogP contribution < -0.4 is 5.32 Å². The van der Waals surface area contributed by atoms with Crippen LogP contribution in [0.15, 0.2) is 22.8 Å². The van der Waals surface area contributed by atoms with Gasteiger partial charge in [-0.3, -0.25) is 9.59 Å². The van der Waals surface area contributed by atoms with Gasteiger partial charge in [0.2, 0.25) is 5.91 Å². The van der Waals surface area contributed by atoms with Crippen LogP contribution in [0.4, 0.5) is 0 Å². The summed E-state index contributed by atoms with van der Waals surface area (Å²) < 4.78 is 28.8. The third-order valence-electron chi connectivity index (χ3n) is 2.83. The van der Waals surface area contributed by atoms with Crippen molar-refractivity contribution in [3.8, 4) is 0 Å². The van der Waals surface area contributed by atoms with Gasteiger partial charge in [0.05, 0.1) is 24.5 Å². The molecule has 2 atom stereocenters. The molecular weight excluding hydrogens is 286 g/mol. The Labute approximate surface area is 116 Å². The van der Waals surface area contributed by atoms with Gasteiger partial charge < -0.3 is 14.8 Å². The molecule has 0 radical (unpaired) electrons. The molecule has 8 heteroatoms. The highest BCUT2D eigenvalue weighted by atomic mass is 32.2. The van der Waals surface area contributed by atoms with Crippen LogP contribution in [-0.2, 0) is 26.0 Å². The van der Waals surface area contributed by atoms with Crippen LogP contribution >= 0.6 is 0 Å². The number of sulfone groups is 1. The van der Waals surface area contributed by atoms with E-state index >= 15 is 0 Å². The molecular formula is C12H17NO6S. The van der Waals surface area contributed by atoms with Crippen LogP contribution in [0.25, 0.3) is 0 Å². The number of carbonyl (C=O) groups is 2. The van der Waals surface area contributed by atoms with Crippen LogP contribution in [0.3, 0.4) is 0 Å². The largest absolute Gasteiger partial charge is 0.481 e. The highest BCUT2D eigenvalue weighted by Crippen LogP contribution is 2.09. The predicted octanol–water partition coefficient (Wildman–Crippen LogP) is 0.420. The van der Waals surface area contributed by atoms with E-state index < -0.39 is 38.6 Å². The maximum Gasteiger partial charge on any atom is 0.307 e. The van der Waals surface area contributed by atoms with Gasteiger partial charge in [-0.2, -0.15) is 0 Å². The second-order valence-corrected chi connectivity index (χ2v) is 6.87. The highest BCUT2D eigenvalue weighted by Gasteiger charge is 2.31. The minimum atomic E-state index is -3.82. The fourth-order valence-corrected chi connectivity index (χ4v) is 3.00. The number of carboxylic acids is 1. The van der Waals surface area contributed by atoms with Crippen LogP contribution in [0, 0.1) is 5.92 Å². The molecule has 2 unspecified atom stereocenters. The highest BCUT2D eigenvalue weighted by molar-refractivity contribution is 7.92. The zero-order chi connectivity index (χ0) is 15.3. The van der Waals surface area contributed by atoms with Crippen molar-refractivity contribution in [2.45, 2.75) is 25.6 Å². The van der Waals surface area contributed by atoms with E-state index in [0.717, 1.165) is 0 Å². The van der Waals surface area contributed by atoms with E-state index in [9.17, 15) is 18.0 Å². The molecule has 0 saturated carbocycles. The molecule has 1 aromatic rings. The first-order valence-corrected chi connectivity index (χ1v) is 7.70. The van der Waals surface area contributed by atoms with E-state index in [1.807, 2.05) is 0 Å². The van der Waals surface area contributed by atoms with E-state index in [2.05, 4.69) is 5.32 Å². The Kier molecular flexibility index (Phi) is 5.32. The van der Waals surface area contributed by atoms with Gasteiger partial charge in [-0.05, 0) is 19.1 Å². The molecule has 0 bridgehead atoms. The number of hydrogen-bond donors (Lipinski definition) is 2. The van der Waals surface area contributed by atoms with Gasteiger partial charge in [0.15, 0.2) is 9.84 Å². The average Bonchev–Trinajstić information content (AvgIpc) is 2.87. The standard InChI is InChI=1S/C12H17NO6S/c1-8(12(15)16)7-20(17,18)9(2)11(14)13-6-10-4-3-5-19-10/h3-5,8-9H,6-7H2,1-2H3,(H,13,14)(H,15,16). The van der Waals surface area contributed by atoms with Gasteiger partial charge >= 0.3 is 5.97 Å². The van der Waals surface area contributed by atoms with Crippen molar-refractivity contribution in [1.82, 2.24) is 5.32 Å². The topological polar surface area (TPSA) is 114 Å². The molecule has 1 rings (SSSR count). The number of carboxylic acid groups (broad SMARTS) is 1. The second-order valence-electron chi connectivity index (χ2n) is 4.51. The summed E-state index contributed by atoms with van der Waals surface area (Å²) >= 11 is 0. The number of nitrogens with one attached hydrogen (secondary N) is 1. The average molecular weight is 303 g/mol. The number of rotatable bonds is 7. The molecule has 0 aliphatic carbocycles. The Morgan fingerprint density at radius 1 is 1.40 bits per heavy atom. The van der Waals surface area contributed by atoms with Crippen molar-refractivity contribution in [3.05, 3.63) is 24.2 Å². The molecule has 0 saturated heterocycles. The first kappa shape index (κ1) is 16.2. The molecule has 0 aliphatic rings. The molecule has 2 N–H and O–H groups in total. The smallest absolute Gasteiger partial charge is 0.307 e. The second kappa shape index (κ2) is 6.56. The maximum atomic E-state index is 11.9. The molecule has 0 fully saturated rings. The molecule has 0 aliphatic heterocycles. The van der Waals surface area contributed by atoms with Crippen LogP contribution in [0.1, 0.15) is 19.6 Å². The summed E-state index contributed by atoms with van der Waals surface area (Å²) in [6, 6.07) is 3.29. The van der Waals surface area contributed by atoms with Crippen molar-refractivity contribution in [1.29, 1.82) is 0 Å². The van der Waals surface area contributed by atoms with Gasteiger partial charge in [-0.1, -0.05) is 6.92 Å². The van der Waals surface area contributed by atoms with Crippen LogP contribution in [0.5, 0.6) is 0 Å². The fourth-order valence-electron chi connectivity index (χ4n) is 1.46. The molecule has 1 amide bonds. The molecule has 1 heterocycles. The number of furan rings is 1. The fraction of sp³-hybridized carbons (Fsp3) is 0.500. The Bertz CT molecular complexity index is 563. The first-order chi connectivity index (χ1) is 9.24. The van der Waals surface area contributed by atoms with E-state index in [-0.39, 0.29) is 6.54 Å². The Morgan fingerprint density at radius 3 is 2.55 bits per heavy atom. The van der Waals surface area contributed by atoms with Crippen molar-refractivity contribution in [3.63, 3.8) is 0 Å². The molecule has 20 heavy (non-hydrogen) atoms. The van der Waals surface area contributed by atoms with E-state index in [4.69, 9.17) is 9.52 Å². The summed E-state index contributed by atoms with van der Waals surface area (Å²) in [6.07, 6.45) is 1.44.